The molecular formula is C21H30ClN5O2S. The molecular weight excluding hydrogens is 422 g/mol. The van der Waals surface area contributed by atoms with E-state index in [1.165, 1.54) is 11.3 Å². The first-order valence-electron chi connectivity index (χ1n) is 9.69. The van der Waals surface area contributed by atoms with E-state index in [-0.39, 0.29) is 24.4 Å². The van der Waals surface area contributed by atoms with E-state index in [1.54, 1.807) is 16.7 Å². The second-order valence-electron chi connectivity index (χ2n) is 7.73. The van der Waals surface area contributed by atoms with Gasteiger partial charge in [-0.3, -0.25) is 14.4 Å². The third-order valence-electron chi connectivity index (χ3n) is 4.73. The molecule has 0 N–H and O–H groups in total. The largest absolute Gasteiger partial charge is 0.494 e. The lowest BCUT2D eigenvalue weighted by Crippen LogP contribution is -2.38. The second kappa shape index (κ2) is 9.76. The molecule has 3 rings (SSSR count). The topological polar surface area (TPSA) is 63.5 Å². The van der Waals surface area contributed by atoms with Gasteiger partial charge >= 0.3 is 0 Å². The van der Waals surface area contributed by atoms with Crippen LogP contribution in [0.2, 0.25) is 0 Å². The maximum atomic E-state index is 13.6. The number of benzene rings is 1. The Bertz CT molecular complexity index is 1030. The highest BCUT2D eigenvalue weighted by Crippen LogP contribution is 2.36. The molecule has 7 nitrogen and oxygen atoms in total. The minimum absolute atomic E-state index is 0. The molecule has 0 aliphatic heterocycles. The van der Waals surface area contributed by atoms with Gasteiger partial charge in [-0.15, -0.1) is 12.4 Å². The van der Waals surface area contributed by atoms with Crippen LogP contribution in [0, 0.1) is 13.8 Å². The highest BCUT2D eigenvalue weighted by Gasteiger charge is 2.26. The van der Waals surface area contributed by atoms with E-state index < -0.39 is 0 Å². The smallest absolute Gasteiger partial charge is 0.278 e. The number of nitrogens with zero attached hydrogens (tertiary/aromatic N) is 5. The van der Waals surface area contributed by atoms with Crippen molar-refractivity contribution in [3.05, 3.63) is 35.2 Å². The molecule has 0 atom stereocenters. The van der Waals surface area contributed by atoms with E-state index in [1.807, 2.05) is 60.0 Å². The molecule has 2 heterocycles. The molecule has 30 heavy (non-hydrogen) atoms. The number of carbonyl (C=O) groups excluding carboxylic acids is 1. The summed E-state index contributed by atoms with van der Waals surface area (Å²) in [7, 11) is 5.63. The lowest BCUT2D eigenvalue weighted by Gasteiger charge is -2.22. The van der Waals surface area contributed by atoms with Crippen LogP contribution in [0.1, 0.15) is 41.6 Å². The number of fused-ring (bicyclic) bond motifs is 1. The second-order valence-corrected chi connectivity index (χ2v) is 8.71. The van der Waals surface area contributed by atoms with E-state index in [9.17, 15) is 4.79 Å². The number of aryl methyl sites for hydroxylation is 2. The zero-order chi connectivity index (χ0) is 21.3. The molecule has 0 fully saturated rings. The van der Waals surface area contributed by atoms with Crippen LogP contribution in [0.25, 0.3) is 10.2 Å². The number of halogens is 1. The molecule has 0 spiro atoms. The highest BCUT2D eigenvalue weighted by molar-refractivity contribution is 7.22. The summed E-state index contributed by atoms with van der Waals surface area (Å²) in [4.78, 5) is 22.2. The van der Waals surface area contributed by atoms with Gasteiger partial charge in [-0.1, -0.05) is 17.4 Å². The quantitative estimate of drug-likeness (QED) is 0.535. The third kappa shape index (κ3) is 4.77. The molecule has 9 heteroatoms. The Kier molecular flexibility index (Phi) is 7.85. The number of ether oxygens (including phenoxy) is 1. The van der Waals surface area contributed by atoms with Gasteiger partial charge in [0, 0.05) is 19.1 Å². The number of hydrogen-bond acceptors (Lipinski definition) is 6. The number of rotatable bonds is 7. The van der Waals surface area contributed by atoms with Crippen molar-refractivity contribution in [3.8, 4) is 5.75 Å². The predicted octanol–water partition coefficient (Wildman–Crippen LogP) is 4.33. The van der Waals surface area contributed by atoms with Crippen molar-refractivity contribution in [1.29, 1.82) is 0 Å². The van der Waals surface area contributed by atoms with E-state index in [0.29, 0.717) is 17.4 Å². The van der Waals surface area contributed by atoms with Gasteiger partial charge in [0.25, 0.3) is 5.91 Å². The Morgan fingerprint density at radius 2 is 1.93 bits per heavy atom. The molecule has 0 bridgehead atoms. The number of aromatic nitrogens is 3. The van der Waals surface area contributed by atoms with Crippen LogP contribution in [0.15, 0.2) is 18.2 Å². The maximum Gasteiger partial charge on any atom is 0.278 e. The van der Waals surface area contributed by atoms with Gasteiger partial charge in [0.2, 0.25) is 0 Å². The van der Waals surface area contributed by atoms with Crippen molar-refractivity contribution in [2.45, 2.75) is 33.7 Å². The number of amides is 1. The summed E-state index contributed by atoms with van der Waals surface area (Å²) < 4.78 is 8.32. The Morgan fingerprint density at radius 3 is 2.53 bits per heavy atom. The number of anilines is 1. The SMILES string of the molecule is COc1ccc(C)c2sc(N(CCN(C)C)C(=O)c3cc(C)nn3C(C)C)nc12.Cl. The van der Waals surface area contributed by atoms with Gasteiger partial charge in [0.1, 0.15) is 17.0 Å². The number of likely N-dealkylation sites (N-methyl/N-ethyl adjacent to an activating group) is 1. The summed E-state index contributed by atoms with van der Waals surface area (Å²) in [6, 6.07) is 5.89. The van der Waals surface area contributed by atoms with Crippen LogP contribution in [0.4, 0.5) is 5.13 Å². The summed E-state index contributed by atoms with van der Waals surface area (Å²) >= 11 is 1.52. The Balaban J connectivity index is 0.00000320. The normalized spacial score (nSPS) is 11.2. The van der Waals surface area contributed by atoms with Crippen LogP contribution in [-0.2, 0) is 0 Å². The molecule has 0 saturated heterocycles. The fourth-order valence-electron chi connectivity index (χ4n) is 3.17. The summed E-state index contributed by atoms with van der Waals surface area (Å²) in [6.45, 7) is 9.28. The standard InChI is InChI=1S/C21H29N5O2S.ClH/c1-13(2)26-16(12-15(4)23-26)20(27)25(11-10-24(5)6)21-22-18-17(28-7)9-8-14(3)19(18)29-21;/h8-9,12-13H,10-11H2,1-7H3;1H. The van der Waals surface area contributed by atoms with E-state index in [2.05, 4.69) is 10.00 Å². The van der Waals surface area contributed by atoms with Crippen molar-refractivity contribution < 1.29 is 9.53 Å². The van der Waals surface area contributed by atoms with Crippen molar-refractivity contribution in [2.75, 3.05) is 39.2 Å². The van der Waals surface area contributed by atoms with Crippen LogP contribution in [-0.4, -0.2) is 59.9 Å². The molecule has 0 radical (unpaired) electrons. The predicted molar refractivity (Wildman–Crippen MR) is 126 cm³/mol. The van der Waals surface area contributed by atoms with Gasteiger partial charge in [-0.05, 0) is 59.5 Å². The number of methoxy groups -OCH3 is 1. The van der Waals surface area contributed by atoms with Crippen molar-refractivity contribution >= 4 is 45.0 Å². The summed E-state index contributed by atoms with van der Waals surface area (Å²) in [5.74, 6) is 0.632. The third-order valence-corrected chi connectivity index (χ3v) is 5.94. The molecule has 0 aliphatic carbocycles. The Hall–Kier alpha value is -2.16. The van der Waals surface area contributed by atoms with Gasteiger partial charge in [0.05, 0.1) is 17.5 Å². The fraction of sp³-hybridized carbons (Fsp3) is 0.476. The molecule has 1 aromatic carbocycles. The van der Waals surface area contributed by atoms with Gasteiger partial charge in [0.15, 0.2) is 5.13 Å². The minimum Gasteiger partial charge on any atom is -0.494 e. The van der Waals surface area contributed by atoms with E-state index >= 15 is 0 Å². The van der Waals surface area contributed by atoms with Crippen molar-refractivity contribution in [1.82, 2.24) is 19.7 Å². The molecule has 3 aromatic rings. The number of thiazole rings is 1. The van der Waals surface area contributed by atoms with Gasteiger partial charge in [-0.2, -0.15) is 5.10 Å². The molecule has 0 unspecified atom stereocenters. The van der Waals surface area contributed by atoms with Crippen LogP contribution in [0.3, 0.4) is 0 Å². The first kappa shape index (κ1) is 24.1. The summed E-state index contributed by atoms with van der Waals surface area (Å²) in [5, 5.41) is 5.18. The summed E-state index contributed by atoms with van der Waals surface area (Å²) in [6.07, 6.45) is 0. The Labute approximate surface area is 188 Å². The maximum absolute atomic E-state index is 13.6. The first-order chi connectivity index (χ1) is 13.7. The van der Waals surface area contributed by atoms with E-state index in [4.69, 9.17) is 9.72 Å². The monoisotopic (exact) mass is 451 g/mol. The summed E-state index contributed by atoms with van der Waals surface area (Å²) in [5.41, 5.74) is 3.33. The van der Waals surface area contributed by atoms with Crippen LogP contribution < -0.4 is 9.64 Å². The molecule has 2 aromatic heterocycles. The molecule has 1 amide bonds. The lowest BCUT2D eigenvalue weighted by atomic mass is 10.2. The average molecular weight is 452 g/mol. The van der Waals surface area contributed by atoms with Gasteiger partial charge < -0.3 is 9.64 Å². The zero-order valence-corrected chi connectivity index (χ0v) is 20.2. The highest BCUT2D eigenvalue weighted by atomic mass is 35.5. The van der Waals surface area contributed by atoms with Crippen LogP contribution in [0.5, 0.6) is 5.75 Å². The molecule has 0 aliphatic rings. The van der Waals surface area contributed by atoms with Crippen molar-refractivity contribution in [2.24, 2.45) is 0 Å². The number of hydrogen-bond donors (Lipinski definition) is 0. The number of carbonyl (C=O) groups is 1. The molecule has 0 saturated carbocycles. The van der Waals surface area contributed by atoms with Crippen molar-refractivity contribution in [3.63, 3.8) is 0 Å². The average Bonchev–Trinajstić information content (AvgIpc) is 3.26. The van der Waals surface area contributed by atoms with E-state index in [0.717, 1.165) is 33.8 Å². The zero-order valence-electron chi connectivity index (χ0n) is 18.6. The lowest BCUT2D eigenvalue weighted by molar-refractivity contribution is 0.0973. The first-order valence-corrected chi connectivity index (χ1v) is 10.5. The fourth-order valence-corrected chi connectivity index (χ4v) is 4.25. The van der Waals surface area contributed by atoms with Crippen LogP contribution >= 0.6 is 23.7 Å². The molecule has 164 valence electrons. The Morgan fingerprint density at radius 1 is 1.23 bits per heavy atom. The van der Waals surface area contributed by atoms with Gasteiger partial charge in [-0.25, -0.2) is 4.98 Å². The minimum atomic E-state index is -0.0863.